The zero-order valence-corrected chi connectivity index (χ0v) is 13.7. The molecule has 0 saturated carbocycles. The molecule has 24 heavy (non-hydrogen) atoms. The topological polar surface area (TPSA) is 59.6 Å². The monoisotopic (exact) mass is 326 g/mol. The molecule has 1 fully saturated rings. The molecule has 0 aromatic heterocycles. The van der Waals surface area contributed by atoms with Crippen molar-refractivity contribution in [3.8, 4) is 17.2 Å². The van der Waals surface area contributed by atoms with Gasteiger partial charge in [0.25, 0.3) is 0 Å². The van der Waals surface area contributed by atoms with Crippen molar-refractivity contribution in [2.24, 2.45) is 5.92 Å². The van der Waals surface area contributed by atoms with E-state index in [1.54, 1.807) is 7.11 Å². The van der Waals surface area contributed by atoms with Gasteiger partial charge in [-0.15, -0.1) is 0 Å². The van der Waals surface area contributed by atoms with Crippen LogP contribution in [0.1, 0.15) is 12.8 Å². The van der Waals surface area contributed by atoms with Gasteiger partial charge in [0.1, 0.15) is 5.75 Å². The van der Waals surface area contributed by atoms with Crippen molar-refractivity contribution in [2.45, 2.75) is 12.8 Å². The molecule has 1 amide bonds. The summed E-state index contributed by atoms with van der Waals surface area (Å²) >= 11 is 0. The highest BCUT2D eigenvalue weighted by atomic mass is 16.5. The molecule has 1 saturated heterocycles. The molecule has 5 nitrogen and oxygen atoms in total. The van der Waals surface area contributed by atoms with Gasteiger partial charge in [-0.1, -0.05) is 12.1 Å². The lowest BCUT2D eigenvalue weighted by Crippen LogP contribution is -2.37. The minimum atomic E-state index is 0.0447. The molecule has 0 spiro atoms. The normalized spacial score (nSPS) is 17.1. The van der Waals surface area contributed by atoms with Crippen molar-refractivity contribution in [2.75, 3.05) is 25.5 Å². The van der Waals surface area contributed by atoms with E-state index in [0.717, 1.165) is 31.6 Å². The molecular weight excluding hydrogens is 304 g/mol. The lowest BCUT2D eigenvalue weighted by molar-refractivity contribution is -0.120. The van der Waals surface area contributed by atoms with Gasteiger partial charge >= 0.3 is 0 Å². The van der Waals surface area contributed by atoms with Gasteiger partial charge in [0, 0.05) is 12.2 Å². The van der Waals surface area contributed by atoms with Crippen LogP contribution in [0.25, 0.3) is 0 Å². The fourth-order valence-electron chi connectivity index (χ4n) is 2.76. The van der Waals surface area contributed by atoms with Gasteiger partial charge < -0.3 is 20.1 Å². The summed E-state index contributed by atoms with van der Waals surface area (Å²) in [6, 6.07) is 14.8. The molecule has 1 atom stereocenters. The predicted molar refractivity (Wildman–Crippen MR) is 93.7 cm³/mol. The summed E-state index contributed by atoms with van der Waals surface area (Å²) in [5, 5.41) is 6.22. The number of piperidine rings is 1. The molecule has 5 heteroatoms. The third-order valence-corrected chi connectivity index (χ3v) is 4.09. The van der Waals surface area contributed by atoms with E-state index in [9.17, 15) is 4.79 Å². The summed E-state index contributed by atoms with van der Waals surface area (Å²) in [4.78, 5) is 12.2. The standard InChI is InChI=1S/C19H22N2O3/c1-23-17-6-2-3-7-18(17)24-16-10-8-15(9-11-16)21-19(22)14-5-4-12-20-13-14/h2-3,6-11,14,20H,4-5,12-13H2,1H3,(H,21,22)/t14-/m1/s1. The molecule has 3 rings (SSSR count). The summed E-state index contributed by atoms with van der Waals surface area (Å²) < 4.78 is 11.1. The molecular formula is C19H22N2O3. The van der Waals surface area contributed by atoms with Crippen LogP contribution in [0.3, 0.4) is 0 Å². The Balaban J connectivity index is 1.61. The van der Waals surface area contributed by atoms with E-state index in [1.807, 2.05) is 48.5 Å². The molecule has 0 radical (unpaired) electrons. The van der Waals surface area contributed by atoms with E-state index in [0.29, 0.717) is 17.2 Å². The molecule has 126 valence electrons. The van der Waals surface area contributed by atoms with Crippen molar-refractivity contribution in [3.05, 3.63) is 48.5 Å². The number of amides is 1. The lowest BCUT2D eigenvalue weighted by Gasteiger charge is -2.21. The molecule has 0 aliphatic carbocycles. The first kappa shape index (κ1) is 16.3. The lowest BCUT2D eigenvalue weighted by atomic mass is 9.99. The van der Waals surface area contributed by atoms with Gasteiger partial charge in [-0.3, -0.25) is 4.79 Å². The average molecular weight is 326 g/mol. The fourth-order valence-corrected chi connectivity index (χ4v) is 2.76. The Bertz CT molecular complexity index is 679. The molecule has 1 aliphatic rings. The molecule has 0 bridgehead atoms. The second-order valence-electron chi connectivity index (χ2n) is 5.81. The summed E-state index contributed by atoms with van der Waals surface area (Å²) in [5.74, 6) is 2.14. The van der Waals surface area contributed by atoms with Crippen LogP contribution in [0.5, 0.6) is 17.2 Å². The van der Waals surface area contributed by atoms with Crippen molar-refractivity contribution >= 4 is 11.6 Å². The highest BCUT2D eigenvalue weighted by Gasteiger charge is 2.20. The van der Waals surface area contributed by atoms with Crippen molar-refractivity contribution < 1.29 is 14.3 Å². The summed E-state index contributed by atoms with van der Waals surface area (Å²) in [7, 11) is 1.61. The maximum absolute atomic E-state index is 12.2. The first-order valence-corrected chi connectivity index (χ1v) is 8.19. The zero-order chi connectivity index (χ0) is 16.8. The number of rotatable bonds is 5. The van der Waals surface area contributed by atoms with Crippen molar-refractivity contribution in [1.82, 2.24) is 5.32 Å². The SMILES string of the molecule is COc1ccccc1Oc1ccc(NC(=O)[C@@H]2CCCNC2)cc1. The molecule has 2 aromatic carbocycles. The Kier molecular flexibility index (Phi) is 5.33. The third kappa shape index (κ3) is 4.06. The van der Waals surface area contributed by atoms with E-state index in [2.05, 4.69) is 10.6 Å². The van der Waals surface area contributed by atoms with Gasteiger partial charge in [-0.25, -0.2) is 0 Å². The highest BCUT2D eigenvalue weighted by Crippen LogP contribution is 2.31. The van der Waals surface area contributed by atoms with Gasteiger partial charge in [-0.2, -0.15) is 0 Å². The maximum atomic E-state index is 12.2. The van der Waals surface area contributed by atoms with Gasteiger partial charge in [0.2, 0.25) is 5.91 Å². The number of anilines is 1. The van der Waals surface area contributed by atoms with Crippen molar-refractivity contribution in [3.63, 3.8) is 0 Å². The van der Waals surface area contributed by atoms with Gasteiger partial charge in [0.15, 0.2) is 11.5 Å². The smallest absolute Gasteiger partial charge is 0.228 e. The Hall–Kier alpha value is -2.53. The minimum Gasteiger partial charge on any atom is -0.493 e. The van der Waals surface area contributed by atoms with E-state index in [-0.39, 0.29) is 11.8 Å². The second-order valence-corrected chi connectivity index (χ2v) is 5.81. The van der Waals surface area contributed by atoms with E-state index in [1.165, 1.54) is 0 Å². The van der Waals surface area contributed by atoms with E-state index < -0.39 is 0 Å². The number of methoxy groups -OCH3 is 1. The number of hydrogen-bond donors (Lipinski definition) is 2. The van der Waals surface area contributed by atoms with Crippen LogP contribution < -0.4 is 20.1 Å². The molecule has 1 aliphatic heterocycles. The summed E-state index contributed by atoms with van der Waals surface area (Å²) in [6.45, 7) is 1.75. The Morgan fingerprint density at radius 1 is 1.12 bits per heavy atom. The van der Waals surface area contributed by atoms with Crippen LogP contribution >= 0.6 is 0 Å². The molecule has 2 aromatic rings. The number of hydrogen-bond acceptors (Lipinski definition) is 4. The third-order valence-electron chi connectivity index (χ3n) is 4.09. The Morgan fingerprint density at radius 3 is 2.54 bits per heavy atom. The number of nitrogens with one attached hydrogen (secondary N) is 2. The van der Waals surface area contributed by atoms with Crippen LogP contribution in [-0.2, 0) is 4.79 Å². The fraction of sp³-hybridized carbons (Fsp3) is 0.316. The van der Waals surface area contributed by atoms with Crippen LogP contribution in [-0.4, -0.2) is 26.1 Å². The van der Waals surface area contributed by atoms with Crippen LogP contribution in [0.15, 0.2) is 48.5 Å². The molecule has 2 N–H and O–H groups in total. The number of para-hydroxylation sites is 2. The number of carbonyl (C=O) groups excluding carboxylic acids is 1. The number of carbonyl (C=O) groups is 1. The zero-order valence-electron chi connectivity index (χ0n) is 13.7. The largest absolute Gasteiger partial charge is 0.493 e. The van der Waals surface area contributed by atoms with Crippen molar-refractivity contribution in [1.29, 1.82) is 0 Å². The number of benzene rings is 2. The summed E-state index contributed by atoms with van der Waals surface area (Å²) in [6.07, 6.45) is 1.98. The summed E-state index contributed by atoms with van der Waals surface area (Å²) in [5.41, 5.74) is 0.776. The molecule has 0 unspecified atom stereocenters. The minimum absolute atomic E-state index is 0.0447. The first-order chi connectivity index (χ1) is 11.8. The van der Waals surface area contributed by atoms with Crippen LogP contribution in [0.2, 0.25) is 0 Å². The number of ether oxygens (including phenoxy) is 2. The van der Waals surface area contributed by atoms with Gasteiger partial charge in [-0.05, 0) is 55.8 Å². The maximum Gasteiger partial charge on any atom is 0.228 e. The molecule has 1 heterocycles. The second kappa shape index (κ2) is 7.84. The average Bonchev–Trinajstić information content (AvgIpc) is 2.64. The first-order valence-electron chi connectivity index (χ1n) is 8.19. The highest BCUT2D eigenvalue weighted by molar-refractivity contribution is 5.92. The Morgan fingerprint density at radius 2 is 1.88 bits per heavy atom. The van der Waals surface area contributed by atoms with Gasteiger partial charge in [0.05, 0.1) is 13.0 Å². The van der Waals surface area contributed by atoms with Crippen LogP contribution in [0.4, 0.5) is 5.69 Å². The predicted octanol–water partition coefficient (Wildman–Crippen LogP) is 3.43. The Labute approximate surface area is 142 Å². The van der Waals surface area contributed by atoms with Crippen LogP contribution in [0, 0.1) is 5.92 Å². The quantitative estimate of drug-likeness (QED) is 0.884. The van der Waals surface area contributed by atoms with E-state index >= 15 is 0 Å². The van der Waals surface area contributed by atoms with E-state index in [4.69, 9.17) is 9.47 Å².